The Balaban J connectivity index is 0.000000195. The van der Waals surface area contributed by atoms with Crippen molar-refractivity contribution in [3.05, 3.63) is 78.2 Å². The smallest absolute Gasteiger partial charge is 0.242 e. The second-order valence-corrected chi connectivity index (χ2v) is 14.4. The summed E-state index contributed by atoms with van der Waals surface area (Å²) in [5.74, 6) is 0.359. The summed E-state index contributed by atoms with van der Waals surface area (Å²) >= 11 is 5.90. The quantitative estimate of drug-likeness (QED) is 0.248. The van der Waals surface area contributed by atoms with Crippen LogP contribution in [-0.4, -0.2) is 83.8 Å². The van der Waals surface area contributed by atoms with Gasteiger partial charge >= 0.3 is 0 Å². The van der Waals surface area contributed by atoms with Gasteiger partial charge in [0.1, 0.15) is 29.4 Å². The average Bonchev–Trinajstić information content (AvgIpc) is 3.38. The molecule has 0 atom stereocenters. The molecule has 0 saturated carbocycles. The number of hydrogen-bond donors (Lipinski definition) is 2. The molecule has 0 amide bonds. The zero-order valence-electron chi connectivity index (χ0n) is 23.7. The van der Waals surface area contributed by atoms with Crippen LogP contribution in [0.5, 0.6) is 0 Å². The molecule has 0 aliphatic carbocycles. The molecular formula is C27H25ClFN9O4S2. The number of H-pyrrole nitrogens is 1. The number of halogens is 2. The lowest BCUT2D eigenvalue weighted by atomic mass is 10.2. The molecule has 0 spiro atoms. The van der Waals surface area contributed by atoms with Crippen molar-refractivity contribution in [2.24, 2.45) is 0 Å². The highest BCUT2D eigenvalue weighted by Crippen LogP contribution is 2.29. The number of sulfonamides is 2. The van der Waals surface area contributed by atoms with Gasteiger partial charge < -0.3 is 5.32 Å². The Labute approximate surface area is 256 Å². The fourth-order valence-corrected chi connectivity index (χ4v) is 6.13. The van der Waals surface area contributed by atoms with E-state index in [0.717, 1.165) is 8.61 Å². The number of nitrogens with zero attached hydrogens (tertiary/aromatic N) is 7. The highest BCUT2D eigenvalue weighted by atomic mass is 35.5. The minimum atomic E-state index is -3.61. The Bertz CT molecular complexity index is 2250. The average molecular weight is 658 g/mol. The van der Waals surface area contributed by atoms with Crippen LogP contribution in [0.25, 0.3) is 32.7 Å². The first-order chi connectivity index (χ1) is 20.8. The molecule has 228 valence electrons. The minimum Gasteiger partial charge on any atom is -0.322 e. The molecule has 0 bridgehead atoms. The van der Waals surface area contributed by atoms with Gasteiger partial charge in [-0.05, 0) is 54.6 Å². The second-order valence-electron chi connectivity index (χ2n) is 9.71. The van der Waals surface area contributed by atoms with Crippen molar-refractivity contribution in [1.29, 1.82) is 0 Å². The first-order valence-corrected chi connectivity index (χ1v) is 16.0. The summed E-state index contributed by atoms with van der Waals surface area (Å²) in [6, 6.07) is 13.5. The van der Waals surface area contributed by atoms with E-state index in [2.05, 4.69) is 35.5 Å². The molecular weight excluding hydrogens is 633 g/mol. The van der Waals surface area contributed by atoms with Crippen LogP contribution in [0, 0.1) is 5.82 Å². The molecule has 3 heterocycles. The molecule has 0 aliphatic heterocycles. The van der Waals surface area contributed by atoms with Crippen molar-refractivity contribution in [3.8, 4) is 0 Å². The topological polar surface area (TPSA) is 167 Å². The first-order valence-electron chi connectivity index (χ1n) is 12.7. The van der Waals surface area contributed by atoms with Crippen LogP contribution in [0.1, 0.15) is 0 Å². The molecule has 0 aliphatic rings. The van der Waals surface area contributed by atoms with Gasteiger partial charge in [0, 0.05) is 44.3 Å². The zero-order valence-corrected chi connectivity index (χ0v) is 26.1. The lowest BCUT2D eigenvalue weighted by Crippen LogP contribution is -2.22. The summed E-state index contributed by atoms with van der Waals surface area (Å²) in [4.78, 5) is 16.5. The van der Waals surface area contributed by atoms with Gasteiger partial charge in [-0.2, -0.15) is 5.10 Å². The van der Waals surface area contributed by atoms with E-state index in [9.17, 15) is 21.2 Å². The first kappa shape index (κ1) is 31.1. The van der Waals surface area contributed by atoms with E-state index in [-0.39, 0.29) is 20.8 Å². The third-order valence-electron chi connectivity index (χ3n) is 6.48. The van der Waals surface area contributed by atoms with Crippen LogP contribution < -0.4 is 5.32 Å². The standard InChI is InChI=1S/C17H15FN6O2S.C10H10ClN3O2S/c1-24(2)27(25,26)11-4-6-14-13(8-11)16(20-9-19-14)21-17-12-7-10(18)3-5-15(12)22-23-17;1-14(2)17(15,16)7-3-4-9-8(5-7)10(11)13-6-12-9/h3-9H,1-2H3,(H2,19,20,21,22,23);3-6H,1-2H3. The molecule has 3 aromatic carbocycles. The van der Waals surface area contributed by atoms with Gasteiger partial charge in [-0.3, -0.25) is 5.10 Å². The lowest BCUT2D eigenvalue weighted by molar-refractivity contribution is 0.520. The Morgan fingerprint density at radius 3 is 1.89 bits per heavy atom. The summed E-state index contributed by atoms with van der Waals surface area (Å²) in [5, 5.41) is 11.8. The van der Waals surface area contributed by atoms with Gasteiger partial charge in [0.25, 0.3) is 0 Å². The van der Waals surface area contributed by atoms with Crippen LogP contribution in [0.3, 0.4) is 0 Å². The second kappa shape index (κ2) is 12.0. The Morgan fingerprint density at radius 2 is 1.27 bits per heavy atom. The number of fused-ring (bicyclic) bond motifs is 3. The third-order valence-corrected chi connectivity index (χ3v) is 10.4. The van der Waals surface area contributed by atoms with Crippen molar-refractivity contribution >= 4 is 76.0 Å². The van der Waals surface area contributed by atoms with Crippen LogP contribution in [0.4, 0.5) is 16.0 Å². The maximum Gasteiger partial charge on any atom is 0.242 e. The molecule has 17 heteroatoms. The highest BCUT2D eigenvalue weighted by molar-refractivity contribution is 7.89. The molecule has 0 unspecified atom stereocenters. The van der Waals surface area contributed by atoms with Crippen molar-refractivity contribution in [1.82, 2.24) is 38.7 Å². The van der Waals surface area contributed by atoms with E-state index >= 15 is 0 Å². The minimum absolute atomic E-state index is 0.121. The van der Waals surface area contributed by atoms with Crippen molar-refractivity contribution in [2.45, 2.75) is 9.79 Å². The largest absolute Gasteiger partial charge is 0.322 e. The summed E-state index contributed by atoms with van der Waals surface area (Å²) in [6.07, 6.45) is 2.70. The monoisotopic (exact) mass is 657 g/mol. The predicted molar refractivity (Wildman–Crippen MR) is 165 cm³/mol. The fourth-order valence-electron chi connectivity index (χ4n) is 4.08. The number of hydrogen-bond acceptors (Lipinski definition) is 10. The molecule has 6 aromatic rings. The molecule has 6 rings (SSSR count). The Hall–Kier alpha value is -4.35. The number of rotatable bonds is 6. The molecule has 0 fully saturated rings. The number of benzene rings is 3. The van der Waals surface area contributed by atoms with Crippen molar-refractivity contribution < 1.29 is 21.2 Å². The number of aromatic nitrogens is 6. The number of nitrogens with one attached hydrogen (secondary N) is 2. The summed E-state index contributed by atoms with van der Waals surface area (Å²) in [6.45, 7) is 0. The van der Waals surface area contributed by atoms with Crippen molar-refractivity contribution in [3.63, 3.8) is 0 Å². The van der Waals surface area contributed by atoms with Gasteiger partial charge in [0.15, 0.2) is 5.82 Å². The summed E-state index contributed by atoms with van der Waals surface area (Å²) < 4.78 is 64.6. The zero-order chi connectivity index (χ0) is 31.8. The maximum absolute atomic E-state index is 13.6. The van der Waals surface area contributed by atoms with Gasteiger partial charge in [-0.15, -0.1) is 0 Å². The van der Waals surface area contributed by atoms with E-state index in [4.69, 9.17) is 11.6 Å². The van der Waals surface area contributed by atoms with Crippen LogP contribution >= 0.6 is 11.6 Å². The van der Waals surface area contributed by atoms with E-state index in [1.165, 1.54) is 77.2 Å². The normalized spacial score (nSPS) is 12.2. The fraction of sp³-hybridized carbons (Fsp3) is 0.148. The Morgan fingerprint density at radius 1 is 0.705 bits per heavy atom. The molecule has 3 aromatic heterocycles. The predicted octanol–water partition coefficient (Wildman–Crippen LogP) is 4.17. The third kappa shape index (κ3) is 6.02. The van der Waals surface area contributed by atoms with Gasteiger partial charge in [0.05, 0.1) is 26.3 Å². The molecule has 13 nitrogen and oxygen atoms in total. The number of anilines is 2. The van der Waals surface area contributed by atoms with E-state index in [0.29, 0.717) is 44.3 Å². The van der Waals surface area contributed by atoms with Gasteiger partial charge in [-0.1, -0.05) is 11.6 Å². The number of aromatic amines is 1. The van der Waals surface area contributed by atoms with E-state index in [1.54, 1.807) is 18.2 Å². The SMILES string of the molecule is CN(C)S(=O)(=O)c1ccc2ncnc(Cl)c2c1.CN(C)S(=O)(=O)c1ccc2ncnc(Nc3n[nH]c4ccc(F)cc34)c2c1. The molecule has 0 radical (unpaired) electrons. The molecule has 44 heavy (non-hydrogen) atoms. The van der Waals surface area contributed by atoms with Crippen LogP contribution in [0.15, 0.2) is 77.0 Å². The van der Waals surface area contributed by atoms with Crippen LogP contribution in [-0.2, 0) is 20.0 Å². The highest BCUT2D eigenvalue weighted by Gasteiger charge is 2.20. The van der Waals surface area contributed by atoms with E-state index < -0.39 is 20.0 Å². The molecule has 0 saturated heterocycles. The lowest BCUT2D eigenvalue weighted by Gasteiger charge is -2.12. The summed E-state index contributed by atoms with van der Waals surface area (Å²) in [5.41, 5.74) is 1.84. The molecule has 2 N–H and O–H groups in total. The van der Waals surface area contributed by atoms with E-state index in [1.807, 2.05) is 0 Å². The van der Waals surface area contributed by atoms with Crippen LogP contribution in [0.2, 0.25) is 5.15 Å². The Kier molecular flexibility index (Phi) is 8.46. The summed E-state index contributed by atoms with van der Waals surface area (Å²) in [7, 11) is -1.20. The van der Waals surface area contributed by atoms with Crippen molar-refractivity contribution in [2.75, 3.05) is 33.5 Å². The maximum atomic E-state index is 13.6. The van der Waals surface area contributed by atoms with Gasteiger partial charge in [-0.25, -0.2) is 49.8 Å². The van der Waals surface area contributed by atoms with Gasteiger partial charge in [0.2, 0.25) is 20.0 Å².